The molecule has 0 saturated heterocycles. The van der Waals surface area contributed by atoms with Gasteiger partial charge in [0.25, 0.3) is 0 Å². The molecule has 1 aromatic carbocycles. The smallest absolute Gasteiger partial charge is 0.451 e. The first-order chi connectivity index (χ1) is 9.41. The Morgan fingerprint density at radius 1 is 1.20 bits per heavy atom. The van der Waals surface area contributed by atoms with Crippen LogP contribution >= 0.6 is 0 Å². The molecule has 0 amide bonds. The summed E-state index contributed by atoms with van der Waals surface area (Å²) in [5, 5.41) is 0. The molecule has 2 aromatic rings. The number of para-hydroxylation sites is 1. The number of nitrogen functional groups attached to an aromatic ring is 1. The number of halogens is 3. The summed E-state index contributed by atoms with van der Waals surface area (Å²) >= 11 is 0. The van der Waals surface area contributed by atoms with Crippen molar-refractivity contribution >= 4 is 5.82 Å². The minimum atomic E-state index is -4.65. The van der Waals surface area contributed by atoms with E-state index in [0.717, 1.165) is 0 Å². The fourth-order valence-electron chi connectivity index (χ4n) is 1.69. The average Bonchev–Trinajstić information content (AvgIpc) is 2.38. The zero-order valence-electron chi connectivity index (χ0n) is 10.6. The number of benzene rings is 1. The lowest BCUT2D eigenvalue weighted by atomic mass is 10.1. The predicted octanol–water partition coefficient (Wildman–Crippen LogP) is 3.14. The molecule has 0 unspecified atom stereocenters. The van der Waals surface area contributed by atoms with Gasteiger partial charge in [0, 0.05) is 11.6 Å². The summed E-state index contributed by atoms with van der Waals surface area (Å²) in [6.07, 6.45) is -4.65. The monoisotopic (exact) mass is 283 g/mol. The van der Waals surface area contributed by atoms with Gasteiger partial charge in [-0.05, 0) is 19.1 Å². The number of ether oxygens (including phenoxy) is 1. The summed E-state index contributed by atoms with van der Waals surface area (Å²) in [6.45, 7) is 2.18. The van der Waals surface area contributed by atoms with E-state index in [1.807, 2.05) is 0 Å². The molecule has 20 heavy (non-hydrogen) atoms. The Balaban J connectivity index is 2.56. The maximum Gasteiger partial charge on any atom is 0.451 e. The Morgan fingerprint density at radius 2 is 1.90 bits per heavy atom. The second-order valence-corrected chi connectivity index (χ2v) is 3.93. The molecule has 2 N–H and O–H groups in total. The molecule has 7 heteroatoms. The van der Waals surface area contributed by atoms with Crippen LogP contribution in [0, 0.1) is 0 Å². The number of nitrogens with zero attached hydrogens (tertiary/aromatic N) is 2. The van der Waals surface area contributed by atoms with Crippen LogP contribution in [0.3, 0.4) is 0 Å². The number of rotatable bonds is 3. The molecule has 0 radical (unpaired) electrons. The van der Waals surface area contributed by atoms with Crippen LogP contribution < -0.4 is 10.5 Å². The van der Waals surface area contributed by atoms with Gasteiger partial charge in [-0.25, -0.2) is 9.97 Å². The topological polar surface area (TPSA) is 61.0 Å². The first-order valence-corrected chi connectivity index (χ1v) is 5.85. The van der Waals surface area contributed by atoms with E-state index in [4.69, 9.17) is 10.5 Å². The first-order valence-electron chi connectivity index (χ1n) is 5.85. The van der Waals surface area contributed by atoms with E-state index in [9.17, 15) is 13.2 Å². The maximum absolute atomic E-state index is 12.7. The summed E-state index contributed by atoms with van der Waals surface area (Å²) < 4.78 is 43.5. The van der Waals surface area contributed by atoms with Gasteiger partial charge in [0.15, 0.2) is 0 Å². The molecule has 0 aliphatic heterocycles. The van der Waals surface area contributed by atoms with Crippen LogP contribution in [0.15, 0.2) is 30.3 Å². The molecule has 0 atom stereocenters. The van der Waals surface area contributed by atoms with Crippen LogP contribution in [0.5, 0.6) is 5.75 Å². The van der Waals surface area contributed by atoms with Crippen molar-refractivity contribution in [3.05, 3.63) is 36.2 Å². The molecule has 1 heterocycles. The highest BCUT2D eigenvalue weighted by Crippen LogP contribution is 2.32. The standard InChI is InChI=1S/C13H12F3N3O/c1-2-20-10-6-4-3-5-8(10)9-7-11(17)19-12(18-9)13(14,15)16/h3-7H,2H2,1H3,(H2,17,18,19). The van der Waals surface area contributed by atoms with Crippen LogP contribution in [-0.4, -0.2) is 16.6 Å². The zero-order valence-corrected chi connectivity index (χ0v) is 10.6. The van der Waals surface area contributed by atoms with E-state index < -0.39 is 12.0 Å². The molecule has 1 aromatic heterocycles. The molecular weight excluding hydrogens is 271 g/mol. The normalized spacial score (nSPS) is 11.4. The molecule has 106 valence electrons. The molecule has 0 spiro atoms. The van der Waals surface area contributed by atoms with Gasteiger partial charge in [0.05, 0.1) is 12.3 Å². The summed E-state index contributed by atoms with van der Waals surface area (Å²) in [4.78, 5) is 6.73. The molecule has 0 fully saturated rings. The quantitative estimate of drug-likeness (QED) is 0.940. The highest BCUT2D eigenvalue weighted by molar-refractivity contribution is 5.68. The fraction of sp³-hybridized carbons (Fsp3) is 0.231. The molecule has 4 nitrogen and oxygen atoms in total. The summed E-state index contributed by atoms with van der Waals surface area (Å²) in [5.41, 5.74) is 5.94. The largest absolute Gasteiger partial charge is 0.493 e. The van der Waals surface area contributed by atoms with Crippen molar-refractivity contribution < 1.29 is 17.9 Å². The highest BCUT2D eigenvalue weighted by atomic mass is 19.4. The summed E-state index contributed by atoms with van der Waals surface area (Å²) in [7, 11) is 0. The molecule has 0 aliphatic carbocycles. The van der Waals surface area contributed by atoms with Crippen molar-refractivity contribution in [1.29, 1.82) is 0 Å². The first kappa shape index (κ1) is 14.1. The van der Waals surface area contributed by atoms with E-state index in [2.05, 4.69) is 9.97 Å². The van der Waals surface area contributed by atoms with Crippen molar-refractivity contribution in [1.82, 2.24) is 9.97 Å². The van der Waals surface area contributed by atoms with E-state index >= 15 is 0 Å². The van der Waals surface area contributed by atoms with Gasteiger partial charge >= 0.3 is 6.18 Å². The van der Waals surface area contributed by atoms with E-state index in [0.29, 0.717) is 17.9 Å². The van der Waals surface area contributed by atoms with Crippen LogP contribution in [0.2, 0.25) is 0 Å². The number of nitrogens with two attached hydrogens (primary N) is 1. The fourth-order valence-corrected chi connectivity index (χ4v) is 1.69. The Kier molecular flexibility index (Phi) is 3.78. The molecule has 2 rings (SSSR count). The van der Waals surface area contributed by atoms with Crippen molar-refractivity contribution in [3.63, 3.8) is 0 Å². The van der Waals surface area contributed by atoms with Gasteiger partial charge in [-0.3, -0.25) is 0 Å². The Morgan fingerprint density at radius 3 is 2.55 bits per heavy atom. The van der Waals surface area contributed by atoms with Crippen LogP contribution in [0.1, 0.15) is 12.7 Å². The SMILES string of the molecule is CCOc1ccccc1-c1cc(N)nc(C(F)(F)F)n1. The number of hydrogen-bond acceptors (Lipinski definition) is 4. The maximum atomic E-state index is 12.7. The zero-order chi connectivity index (χ0) is 14.8. The third-order valence-electron chi connectivity index (χ3n) is 2.46. The Labute approximate surface area is 113 Å². The van der Waals surface area contributed by atoms with Crippen LogP contribution in [-0.2, 0) is 6.18 Å². The molecular formula is C13H12F3N3O. The van der Waals surface area contributed by atoms with Crippen molar-refractivity contribution in [2.75, 3.05) is 12.3 Å². The Hall–Kier alpha value is -2.31. The molecule has 0 aliphatic rings. The number of alkyl halides is 3. The second-order valence-electron chi connectivity index (χ2n) is 3.93. The van der Waals surface area contributed by atoms with Crippen molar-refractivity contribution in [2.45, 2.75) is 13.1 Å². The third kappa shape index (κ3) is 2.98. The van der Waals surface area contributed by atoms with E-state index in [-0.39, 0.29) is 11.5 Å². The van der Waals surface area contributed by atoms with Gasteiger partial charge in [-0.1, -0.05) is 12.1 Å². The lowest BCUT2D eigenvalue weighted by molar-refractivity contribution is -0.144. The van der Waals surface area contributed by atoms with Crippen molar-refractivity contribution in [2.24, 2.45) is 0 Å². The number of hydrogen-bond donors (Lipinski definition) is 1. The second kappa shape index (κ2) is 5.36. The van der Waals surface area contributed by atoms with Gasteiger partial charge < -0.3 is 10.5 Å². The minimum Gasteiger partial charge on any atom is -0.493 e. The van der Waals surface area contributed by atoms with E-state index in [1.54, 1.807) is 31.2 Å². The lowest BCUT2D eigenvalue weighted by Crippen LogP contribution is -2.13. The number of aromatic nitrogens is 2. The Bertz CT molecular complexity index is 614. The number of anilines is 1. The van der Waals surface area contributed by atoms with E-state index in [1.165, 1.54) is 6.07 Å². The van der Waals surface area contributed by atoms with Crippen molar-refractivity contribution in [3.8, 4) is 17.0 Å². The predicted molar refractivity (Wildman–Crippen MR) is 68.1 cm³/mol. The lowest BCUT2D eigenvalue weighted by Gasteiger charge is -2.12. The van der Waals surface area contributed by atoms with Gasteiger partial charge in [0.1, 0.15) is 11.6 Å². The van der Waals surface area contributed by atoms with Gasteiger partial charge in [-0.15, -0.1) is 0 Å². The van der Waals surface area contributed by atoms with Crippen LogP contribution in [0.25, 0.3) is 11.3 Å². The summed E-state index contributed by atoms with van der Waals surface area (Å²) in [6, 6.07) is 7.97. The third-order valence-corrected chi connectivity index (χ3v) is 2.46. The highest BCUT2D eigenvalue weighted by Gasteiger charge is 2.35. The van der Waals surface area contributed by atoms with Gasteiger partial charge in [-0.2, -0.15) is 13.2 Å². The average molecular weight is 283 g/mol. The molecule has 0 saturated carbocycles. The van der Waals surface area contributed by atoms with Crippen LogP contribution in [0.4, 0.5) is 19.0 Å². The minimum absolute atomic E-state index is 0.0777. The molecule has 0 bridgehead atoms. The van der Waals surface area contributed by atoms with Gasteiger partial charge in [0.2, 0.25) is 5.82 Å². The summed E-state index contributed by atoms with van der Waals surface area (Å²) in [5.74, 6) is -1.06.